The number of aliphatic hydroxyl groups excluding tert-OH is 2. The highest BCUT2D eigenvalue weighted by Crippen LogP contribution is 2.40. The number of nitrogens with zero attached hydrogens (tertiary/aromatic N) is 1. The molecule has 1 saturated heterocycles. The highest BCUT2D eigenvalue weighted by atomic mass is 32.1. The molecular formula is C20H21NO5S. The largest absolute Gasteiger partial charge is 0.507 e. The monoisotopic (exact) mass is 387 g/mol. The van der Waals surface area contributed by atoms with Crippen LogP contribution in [-0.2, 0) is 14.3 Å². The molecule has 1 aromatic heterocycles. The lowest BCUT2D eigenvalue weighted by molar-refractivity contribution is -0.140. The van der Waals surface area contributed by atoms with Crippen molar-refractivity contribution >= 4 is 28.8 Å². The molecule has 7 heteroatoms. The summed E-state index contributed by atoms with van der Waals surface area (Å²) in [5, 5.41) is 21.5. The summed E-state index contributed by atoms with van der Waals surface area (Å²) in [4.78, 5) is 27.5. The van der Waals surface area contributed by atoms with E-state index >= 15 is 0 Å². The molecule has 0 bridgehead atoms. The summed E-state index contributed by atoms with van der Waals surface area (Å²) < 4.78 is 5.26. The van der Waals surface area contributed by atoms with Gasteiger partial charge in [-0.1, -0.05) is 35.9 Å². The predicted octanol–water partition coefficient (Wildman–Crippen LogP) is 2.49. The van der Waals surface area contributed by atoms with Crippen LogP contribution in [-0.4, -0.2) is 53.2 Å². The third-order valence-corrected chi connectivity index (χ3v) is 5.31. The van der Waals surface area contributed by atoms with Crippen LogP contribution in [0.25, 0.3) is 5.76 Å². The number of Topliss-reactive ketones (excluding diaryl/α,β-unsaturated/α-hetero) is 1. The van der Waals surface area contributed by atoms with E-state index in [1.54, 1.807) is 12.1 Å². The second kappa shape index (κ2) is 8.47. The fraction of sp³-hybridized carbons (Fsp3) is 0.300. The Morgan fingerprint density at radius 3 is 2.56 bits per heavy atom. The number of thiophene rings is 1. The number of ketones is 1. The number of rotatable bonds is 7. The number of carbonyl (C=O) groups is 2. The predicted molar refractivity (Wildman–Crippen MR) is 102 cm³/mol. The van der Waals surface area contributed by atoms with Crippen LogP contribution in [0.4, 0.5) is 0 Å². The van der Waals surface area contributed by atoms with Crippen molar-refractivity contribution in [3.63, 3.8) is 0 Å². The van der Waals surface area contributed by atoms with Crippen LogP contribution in [0.2, 0.25) is 0 Å². The van der Waals surface area contributed by atoms with E-state index in [4.69, 9.17) is 9.84 Å². The zero-order valence-electron chi connectivity index (χ0n) is 14.9. The van der Waals surface area contributed by atoms with Gasteiger partial charge in [0.2, 0.25) is 0 Å². The van der Waals surface area contributed by atoms with Crippen LogP contribution in [0.1, 0.15) is 22.0 Å². The minimum Gasteiger partial charge on any atom is -0.507 e. The summed E-state index contributed by atoms with van der Waals surface area (Å²) in [6.45, 7) is 2.37. The molecule has 1 aliphatic rings. The highest BCUT2D eigenvalue weighted by molar-refractivity contribution is 7.10. The fourth-order valence-corrected chi connectivity index (χ4v) is 3.90. The quantitative estimate of drug-likeness (QED) is 0.330. The number of aryl methyl sites for hydroxylation is 1. The van der Waals surface area contributed by atoms with Crippen molar-refractivity contribution in [3.8, 4) is 0 Å². The summed E-state index contributed by atoms with van der Waals surface area (Å²) in [6.07, 6.45) is 0. The summed E-state index contributed by atoms with van der Waals surface area (Å²) in [5.74, 6) is -1.53. The number of likely N-dealkylation sites (tertiary alicyclic amines) is 1. The second-order valence-corrected chi connectivity index (χ2v) is 7.19. The minimum atomic E-state index is -0.700. The lowest BCUT2D eigenvalue weighted by atomic mass is 9.99. The van der Waals surface area contributed by atoms with Crippen molar-refractivity contribution in [2.24, 2.45) is 0 Å². The van der Waals surface area contributed by atoms with Gasteiger partial charge in [0.25, 0.3) is 11.7 Å². The highest BCUT2D eigenvalue weighted by Gasteiger charge is 2.46. The van der Waals surface area contributed by atoms with Gasteiger partial charge in [-0.2, -0.15) is 0 Å². The third kappa shape index (κ3) is 3.95. The van der Waals surface area contributed by atoms with Gasteiger partial charge < -0.3 is 19.8 Å². The zero-order chi connectivity index (χ0) is 19.4. The number of hydrogen-bond acceptors (Lipinski definition) is 6. The first-order chi connectivity index (χ1) is 13.0. The van der Waals surface area contributed by atoms with E-state index < -0.39 is 17.7 Å². The molecule has 142 valence electrons. The SMILES string of the molecule is Cc1ccc(C(O)=C2C(=O)C(=O)N(CCOCCO)C2c2cccs2)cc1. The molecule has 2 aromatic rings. The molecule has 1 aliphatic heterocycles. The molecule has 3 rings (SSSR count). The van der Waals surface area contributed by atoms with Crippen molar-refractivity contribution in [1.29, 1.82) is 0 Å². The Bertz CT molecular complexity index is 842. The molecule has 1 atom stereocenters. The molecule has 1 unspecified atom stereocenters. The summed E-state index contributed by atoms with van der Waals surface area (Å²) in [6, 6.07) is 10.2. The number of carbonyl (C=O) groups excluding carboxylic acids is 2. The van der Waals surface area contributed by atoms with Gasteiger partial charge in [0.1, 0.15) is 5.76 Å². The number of benzene rings is 1. The Labute approximate surface area is 161 Å². The van der Waals surface area contributed by atoms with Crippen molar-refractivity contribution < 1.29 is 24.5 Å². The van der Waals surface area contributed by atoms with Gasteiger partial charge in [0.15, 0.2) is 0 Å². The number of hydrogen-bond donors (Lipinski definition) is 2. The zero-order valence-corrected chi connectivity index (χ0v) is 15.7. The van der Waals surface area contributed by atoms with Crippen LogP contribution in [0.5, 0.6) is 0 Å². The first-order valence-corrected chi connectivity index (χ1v) is 9.50. The molecule has 1 fully saturated rings. The average molecular weight is 387 g/mol. The number of ether oxygens (including phenoxy) is 1. The van der Waals surface area contributed by atoms with Crippen LogP contribution in [0.3, 0.4) is 0 Å². The lowest BCUT2D eigenvalue weighted by Crippen LogP contribution is -2.32. The van der Waals surface area contributed by atoms with E-state index in [1.165, 1.54) is 16.2 Å². The summed E-state index contributed by atoms with van der Waals surface area (Å²) in [5.41, 5.74) is 1.62. The molecule has 0 saturated carbocycles. The van der Waals surface area contributed by atoms with Crippen molar-refractivity contribution in [3.05, 3.63) is 63.4 Å². The summed E-state index contributed by atoms with van der Waals surface area (Å²) in [7, 11) is 0. The van der Waals surface area contributed by atoms with Crippen molar-refractivity contribution in [2.75, 3.05) is 26.4 Å². The van der Waals surface area contributed by atoms with Crippen molar-refractivity contribution in [1.82, 2.24) is 4.90 Å². The molecule has 0 spiro atoms. The molecule has 6 nitrogen and oxygen atoms in total. The van der Waals surface area contributed by atoms with E-state index in [0.717, 1.165) is 10.4 Å². The maximum absolute atomic E-state index is 12.7. The molecule has 2 heterocycles. The Morgan fingerprint density at radius 2 is 1.93 bits per heavy atom. The Kier molecular flexibility index (Phi) is 6.05. The molecule has 0 radical (unpaired) electrons. The standard InChI is InChI=1S/C20H21NO5S/c1-13-4-6-14(7-5-13)18(23)16-17(15-3-2-12-27-15)21(20(25)19(16)24)8-10-26-11-9-22/h2-7,12,17,22-23H,8-11H2,1H3. The smallest absolute Gasteiger partial charge is 0.295 e. The lowest BCUT2D eigenvalue weighted by Gasteiger charge is -2.23. The number of aliphatic hydroxyl groups is 2. The molecule has 0 aliphatic carbocycles. The molecule has 1 amide bonds. The van der Waals surface area contributed by atoms with Gasteiger partial charge in [0, 0.05) is 17.0 Å². The van der Waals surface area contributed by atoms with E-state index in [0.29, 0.717) is 5.56 Å². The molecule has 1 aromatic carbocycles. The average Bonchev–Trinajstić information content (AvgIpc) is 3.27. The maximum atomic E-state index is 12.7. The van der Waals surface area contributed by atoms with Gasteiger partial charge in [-0.3, -0.25) is 9.59 Å². The third-order valence-electron chi connectivity index (χ3n) is 4.39. The van der Waals surface area contributed by atoms with E-state index in [1.807, 2.05) is 36.6 Å². The summed E-state index contributed by atoms with van der Waals surface area (Å²) >= 11 is 1.42. The first-order valence-electron chi connectivity index (χ1n) is 8.62. The van der Waals surface area contributed by atoms with Crippen LogP contribution in [0, 0.1) is 6.92 Å². The normalized spacial score (nSPS) is 19.0. The van der Waals surface area contributed by atoms with Gasteiger partial charge in [-0.05, 0) is 18.4 Å². The molecule has 2 N–H and O–H groups in total. The van der Waals surface area contributed by atoms with E-state index in [-0.39, 0.29) is 37.7 Å². The van der Waals surface area contributed by atoms with Gasteiger partial charge in [-0.15, -0.1) is 11.3 Å². The molecular weight excluding hydrogens is 366 g/mol. The maximum Gasteiger partial charge on any atom is 0.295 e. The fourth-order valence-electron chi connectivity index (χ4n) is 3.05. The Balaban J connectivity index is 2.00. The van der Waals surface area contributed by atoms with Crippen LogP contribution < -0.4 is 0 Å². The topological polar surface area (TPSA) is 87.1 Å². The Morgan fingerprint density at radius 1 is 1.19 bits per heavy atom. The number of amides is 1. The second-order valence-electron chi connectivity index (χ2n) is 6.21. The van der Waals surface area contributed by atoms with Crippen LogP contribution in [0.15, 0.2) is 47.4 Å². The van der Waals surface area contributed by atoms with E-state index in [2.05, 4.69) is 0 Å². The van der Waals surface area contributed by atoms with Gasteiger partial charge >= 0.3 is 0 Å². The van der Waals surface area contributed by atoms with Crippen molar-refractivity contribution in [2.45, 2.75) is 13.0 Å². The minimum absolute atomic E-state index is 0.0912. The first kappa shape index (κ1) is 19.3. The van der Waals surface area contributed by atoms with Gasteiger partial charge in [-0.25, -0.2) is 0 Å². The Hall–Kier alpha value is -2.48. The van der Waals surface area contributed by atoms with Gasteiger partial charge in [0.05, 0.1) is 31.4 Å². The van der Waals surface area contributed by atoms with Crippen LogP contribution >= 0.6 is 11.3 Å². The molecule has 27 heavy (non-hydrogen) atoms. The van der Waals surface area contributed by atoms with E-state index in [9.17, 15) is 14.7 Å².